The normalized spacial score (nSPS) is 14.6. The van der Waals surface area contributed by atoms with Crippen molar-refractivity contribution in [1.82, 2.24) is 4.90 Å². The van der Waals surface area contributed by atoms with E-state index >= 15 is 0 Å². The lowest BCUT2D eigenvalue weighted by Gasteiger charge is -2.20. The fourth-order valence-corrected chi connectivity index (χ4v) is 2.69. The Bertz CT molecular complexity index is 426. The molecule has 1 saturated carbocycles. The number of nitrogens with zero attached hydrogens (tertiary/aromatic N) is 1. The fourth-order valence-electron chi connectivity index (χ4n) is 2.03. The van der Waals surface area contributed by atoms with Crippen molar-refractivity contribution in [3.8, 4) is 0 Å². The number of thiophene rings is 1. The zero-order valence-corrected chi connectivity index (χ0v) is 11.9. The van der Waals surface area contributed by atoms with Crippen LogP contribution in [0.25, 0.3) is 0 Å². The molecule has 1 aromatic heterocycles. The van der Waals surface area contributed by atoms with E-state index in [9.17, 15) is 9.59 Å². The first-order chi connectivity index (χ1) is 9.19. The van der Waals surface area contributed by atoms with Crippen LogP contribution in [-0.2, 0) is 20.9 Å². The van der Waals surface area contributed by atoms with Gasteiger partial charge < -0.3 is 4.74 Å². The molecule has 2 rings (SSSR count). The molecule has 5 heteroatoms. The predicted octanol–water partition coefficient (Wildman–Crippen LogP) is 2.23. The molecule has 0 saturated heterocycles. The molecular formula is C14H19NO3S. The second kappa shape index (κ2) is 6.82. The molecule has 1 aliphatic rings. The maximum absolute atomic E-state index is 11.9. The van der Waals surface area contributed by atoms with Gasteiger partial charge in [0, 0.05) is 12.6 Å². The first kappa shape index (κ1) is 14.2. The smallest absolute Gasteiger partial charge is 0.313 e. The third kappa shape index (κ3) is 4.76. The quantitative estimate of drug-likeness (QED) is 0.541. The van der Waals surface area contributed by atoms with Gasteiger partial charge in [-0.1, -0.05) is 0 Å². The Kier molecular flexibility index (Phi) is 5.10. The topological polar surface area (TPSA) is 46.6 Å². The van der Waals surface area contributed by atoms with E-state index in [-0.39, 0.29) is 12.2 Å². The number of ketones is 1. The van der Waals surface area contributed by atoms with Crippen molar-refractivity contribution in [3.63, 3.8) is 0 Å². The highest BCUT2D eigenvalue weighted by Gasteiger charge is 2.30. The molecular weight excluding hydrogens is 262 g/mol. The molecule has 0 atom stereocenters. The van der Waals surface area contributed by atoms with Gasteiger partial charge in [-0.2, -0.15) is 11.3 Å². The van der Waals surface area contributed by atoms with Gasteiger partial charge in [-0.25, -0.2) is 0 Å². The fraction of sp³-hybridized carbons (Fsp3) is 0.571. The minimum atomic E-state index is -0.418. The van der Waals surface area contributed by atoms with E-state index in [1.165, 1.54) is 5.56 Å². The number of carbonyl (C=O) groups excluding carboxylic acids is 2. The van der Waals surface area contributed by atoms with Crippen molar-refractivity contribution < 1.29 is 14.3 Å². The summed E-state index contributed by atoms with van der Waals surface area (Å²) in [6.45, 7) is 3.21. The minimum Gasteiger partial charge on any atom is -0.466 e. The summed E-state index contributed by atoms with van der Waals surface area (Å²) in [5.74, 6) is -0.473. The van der Waals surface area contributed by atoms with Crippen LogP contribution < -0.4 is 0 Å². The zero-order chi connectivity index (χ0) is 13.7. The lowest BCUT2D eigenvalue weighted by Crippen LogP contribution is -2.32. The largest absolute Gasteiger partial charge is 0.466 e. The van der Waals surface area contributed by atoms with Gasteiger partial charge in [0.1, 0.15) is 6.42 Å². The van der Waals surface area contributed by atoms with Crippen molar-refractivity contribution in [2.75, 3.05) is 13.2 Å². The molecule has 0 unspecified atom stereocenters. The van der Waals surface area contributed by atoms with Crippen LogP contribution in [0.4, 0.5) is 0 Å². The van der Waals surface area contributed by atoms with Crippen molar-refractivity contribution in [2.45, 2.75) is 38.8 Å². The summed E-state index contributed by atoms with van der Waals surface area (Å²) >= 11 is 1.66. The van der Waals surface area contributed by atoms with Gasteiger partial charge in [0.25, 0.3) is 0 Å². The van der Waals surface area contributed by atoms with E-state index in [2.05, 4.69) is 16.3 Å². The van der Waals surface area contributed by atoms with Crippen LogP contribution in [0.2, 0.25) is 0 Å². The van der Waals surface area contributed by atoms with Crippen molar-refractivity contribution in [1.29, 1.82) is 0 Å². The Balaban J connectivity index is 1.83. The summed E-state index contributed by atoms with van der Waals surface area (Å²) in [6.07, 6.45) is 2.19. The van der Waals surface area contributed by atoms with Crippen LogP contribution in [0.15, 0.2) is 16.8 Å². The molecule has 0 aliphatic heterocycles. The van der Waals surface area contributed by atoms with Crippen LogP contribution in [0.1, 0.15) is 31.7 Å². The van der Waals surface area contributed by atoms with Crippen LogP contribution in [0.5, 0.6) is 0 Å². The standard InChI is InChI=1S/C14H19NO3S/c1-2-18-14(17)7-13(16)9-15(12-3-4-12)8-11-5-6-19-10-11/h5-6,10,12H,2-4,7-9H2,1H3. The lowest BCUT2D eigenvalue weighted by atomic mass is 10.2. The van der Waals surface area contributed by atoms with E-state index in [4.69, 9.17) is 4.74 Å². The van der Waals surface area contributed by atoms with Gasteiger partial charge in [0.15, 0.2) is 5.78 Å². The summed E-state index contributed by atoms with van der Waals surface area (Å²) in [5.41, 5.74) is 1.24. The minimum absolute atomic E-state index is 0.0550. The number of carbonyl (C=O) groups is 2. The van der Waals surface area contributed by atoms with E-state index in [1.54, 1.807) is 18.3 Å². The van der Waals surface area contributed by atoms with Crippen molar-refractivity contribution in [2.24, 2.45) is 0 Å². The number of ether oxygens (including phenoxy) is 1. The molecule has 1 aromatic rings. The summed E-state index contributed by atoms with van der Waals surface area (Å²) in [5, 5.41) is 4.14. The zero-order valence-electron chi connectivity index (χ0n) is 11.1. The number of hydrogen-bond donors (Lipinski definition) is 0. The van der Waals surface area contributed by atoms with Gasteiger partial charge in [0.05, 0.1) is 13.2 Å². The van der Waals surface area contributed by atoms with Crippen LogP contribution in [0.3, 0.4) is 0 Å². The molecule has 0 aromatic carbocycles. The van der Waals surface area contributed by atoms with Crippen LogP contribution in [0, 0.1) is 0 Å². The molecule has 4 nitrogen and oxygen atoms in total. The third-order valence-electron chi connectivity index (χ3n) is 3.06. The van der Waals surface area contributed by atoms with Crippen LogP contribution in [-0.4, -0.2) is 35.8 Å². The highest BCUT2D eigenvalue weighted by molar-refractivity contribution is 7.07. The predicted molar refractivity (Wildman–Crippen MR) is 74.0 cm³/mol. The number of esters is 1. The monoisotopic (exact) mass is 281 g/mol. The molecule has 1 fully saturated rings. The van der Waals surface area contributed by atoms with E-state index < -0.39 is 5.97 Å². The molecule has 0 bridgehead atoms. The van der Waals surface area contributed by atoms with Crippen LogP contribution >= 0.6 is 11.3 Å². The summed E-state index contributed by atoms with van der Waals surface area (Å²) in [4.78, 5) is 25.3. The van der Waals surface area contributed by atoms with Gasteiger partial charge >= 0.3 is 5.97 Å². The average Bonchev–Trinajstić information content (AvgIpc) is 3.08. The maximum atomic E-state index is 11.9. The van der Waals surface area contributed by atoms with E-state index in [0.717, 1.165) is 19.4 Å². The molecule has 1 aliphatic carbocycles. The summed E-state index contributed by atoms with van der Waals surface area (Å²) in [6, 6.07) is 2.58. The Morgan fingerprint density at radius 3 is 2.84 bits per heavy atom. The molecule has 0 amide bonds. The van der Waals surface area contributed by atoms with Crippen molar-refractivity contribution in [3.05, 3.63) is 22.4 Å². The number of Topliss-reactive ketones (excluding diaryl/α,β-unsaturated/α-hetero) is 1. The molecule has 0 N–H and O–H groups in total. The SMILES string of the molecule is CCOC(=O)CC(=O)CN(Cc1ccsc1)C1CC1. The Morgan fingerprint density at radius 1 is 1.47 bits per heavy atom. The molecule has 0 radical (unpaired) electrons. The van der Waals surface area contributed by atoms with Crippen molar-refractivity contribution >= 4 is 23.1 Å². The summed E-state index contributed by atoms with van der Waals surface area (Å²) in [7, 11) is 0. The van der Waals surface area contributed by atoms with Gasteiger partial charge in [-0.15, -0.1) is 0 Å². The molecule has 104 valence electrons. The second-order valence-electron chi connectivity index (χ2n) is 4.79. The third-order valence-corrected chi connectivity index (χ3v) is 3.79. The average molecular weight is 281 g/mol. The Hall–Kier alpha value is -1.20. The number of hydrogen-bond acceptors (Lipinski definition) is 5. The Labute approximate surface area is 117 Å². The maximum Gasteiger partial charge on any atom is 0.313 e. The second-order valence-corrected chi connectivity index (χ2v) is 5.57. The highest BCUT2D eigenvalue weighted by Crippen LogP contribution is 2.28. The molecule has 0 spiro atoms. The van der Waals surface area contributed by atoms with Gasteiger partial charge in [0.2, 0.25) is 0 Å². The van der Waals surface area contributed by atoms with Gasteiger partial charge in [-0.3, -0.25) is 14.5 Å². The molecule has 1 heterocycles. The first-order valence-electron chi connectivity index (χ1n) is 6.61. The summed E-state index contributed by atoms with van der Waals surface area (Å²) < 4.78 is 4.80. The highest BCUT2D eigenvalue weighted by atomic mass is 32.1. The first-order valence-corrected chi connectivity index (χ1v) is 7.55. The number of rotatable bonds is 8. The van der Waals surface area contributed by atoms with Gasteiger partial charge in [-0.05, 0) is 42.2 Å². The lowest BCUT2D eigenvalue weighted by molar-refractivity contribution is -0.145. The van der Waals surface area contributed by atoms with E-state index in [0.29, 0.717) is 19.2 Å². The Morgan fingerprint density at radius 2 is 2.26 bits per heavy atom. The van der Waals surface area contributed by atoms with E-state index in [1.807, 2.05) is 5.38 Å². The molecule has 19 heavy (non-hydrogen) atoms.